The molecule has 0 radical (unpaired) electrons. The van der Waals surface area contributed by atoms with Gasteiger partial charge in [-0.15, -0.1) is 0 Å². The Morgan fingerprint density at radius 1 is 1.33 bits per heavy atom. The SMILES string of the molecule is COC(=O)[C@H]1C[C@@H]1c1cnc(NCc2cc(Br)c(F)cc2F)cn1. The zero-order valence-corrected chi connectivity index (χ0v) is 14.3. The number of carbonyl (C=O) groups is 1. The van der Waals surface area contributed by atoms with E-state index in [1.54, 1.807) is 6.20 Å². The summed E-state index contributed by atoms with van der Waals surface area (Å²) in [6, 6.07) is 2.21. The van der Waals surface area contributed by atoms with Crippen LogP contribution in [0.2, 0.25) is 0 Å². The van der Waals surface area contributed by atoms with Gasteiger partial charge in [-0.3, -0.25) is 9.78 Å². The molecule has 8 heteroatoms. The van der Waals surface area contributed by atoms with Crippen LogP contribution in [0.3, 0.4) is 0 Å². The van der Waals surface area contributed by atoms with E-state index in [2.05, 4.69) is 31.2 Å². The molecule has 2 aromatic rings. The summed E-state index contributed by atoms with van der Waals surface area (Å²) in [5, 5.41) is 2.93. The van der Waals surface area contributed by atoms with Crippen LogP contribution in [0.1, 0.15) is 23.6 Å². The van der Waals surface area contributed by atoms with Crippen molar-refractivity contribution in [1.29, 1.82) is 0 Å². The van der Waals surface area contributed by atoms with E-state index in [9.17, 15) is 13.6 Å². The number of nitrogens with zero attached hydrogens (tertiary/aromatic N) is 2. The molecule has 0 bridgehead atoms. The molecule has 126 valence electrons. The molecule has 5 nitrogen and oxygen atoms in total. The van der Waals surface area contributed by atoms with Crippen molar-refractivity contribution in [3.8, 4) is 0 Å². The van der Waals surface area contributed by atoms with Crippen molar-refractivity contribution in [3.05, 3.63) is 51.9 Å². The first kappa shape index (κ1) is 16.8. The number of hydrogen-bond donors (Lipinski definition) is 1. The van der Waals surface area contributed by atoms with Crippen molar-refractivity contribution < 1.29 is 18.3 Å². The van der Waals surface area contributed by atoms with Crippen LogP contribution >= 0.6 is 15.9 Å². The number of esters is 1. The molecule has 0 spiro atoms. The number of benzene rings is 1. The Bertz CT molecular complexity index is 771. The Morgan fingerprint density at radius 2 is 2.12 bits per heavy atom. The van der Waals surface area contributed by atoms with E-state index in [1.165, 1.54) is 19.4 Å². The number of ether oxygens (including phenoxy) is 1. The minimum absolute atomic E-state index is 0.0458. The van der Waals surface area contributed by atoms with E-state index < -0.39 is 11.6 Å². The predicted molar refractivity (Wildman–Crippen MR) is 86.3 cm³/mol. The first-order valence-corrected chi connectivity index (χ1v) is 8.06. The number of hydrogen-bond acceptors (Lipinski definition) is 5. The van der Waals surface area contributed by atoms with Crippen LogP contribution in [0.25, 0.3) is 0 Å². The lowest BCUT2D eigenvalue weighted by molar-refractivity contribution is -0.142. The maximum atomic E-state index is 13.7. The average molecular weight is 398 g/mol. The molecular weight excluding hydrogens is 384 g/mol. The molecular formula is C16H14BrF2N3O2. The summed E-state index contributed by atoms with van der Waals surface area (Å²) in [5.74, 6) is -1.15. The minimum atomic E-state index is -0.648. The molecule has 0 amide bonds. The lowest BCUT2D eigenvalue weighted by Gasteiger charge is -2.08. The number of anilines is 1. The van der Waals surface area contributed by atoms with Crippen molar-refractivity contribution in [2.75, 3.05) is 12.4 Å². The van der Waals surface area contributed by atoms with Crippen molar-refractivity contribution in [1.82, 2.24) is 9.97 Å². The molecule has 3 rings (SSSR count). The Hall–Kier alpha value is -2.09. The zero-order valence-electron chi connectivity index (χ0n) is 12.7. The van der Waals surface area contributed by atoms with Crippen molar-refractivity contribution >= 4 is 27.7 Å². The molecule has 1 aliphatic rings. The van der Waals surface area contributed by atoms with Crippen LogP contribution in [-0.2, 0) is 16.1 Å². The fourth-order valence-corrected chi connectivity index (χ4v) is 2.83. The highest BCUT2D eigenvalue weighted by molar-refractivity contribution is 9.10. The summed E-state index contributed by atoms with van der Waals surface area (Å²) >= 11 is 3.03. The van der Waals surface area contributed by atoms with Crippen molar-refractivity contribution in [2.45, 2.75) is 18.9 Å². The first-order valence-electron chi connectivity index (χ1n) is 7.26. The van der Waals surface area contributed by atoms with E-state index in [0.29, 0.717) is 17.8 Å². The van der Waals surface area contributed by atoms with Gasteiger partial charge < -0.3 is 10.1 Å². The van der Waals surface area contributed by atoms with Gasteiger partial charge in [0.25, 0.3) is 0 Å². The van der Waals surface area contributed by atoms with Gasteiger partial charge in [-0.2, -0.15) is 0 Å². The molecule has 1 saturated carbocycles. The van der Waals surface area contributed by atoms with Gasteiger partial charge in [0.1, 0.15) is 17.5 Å². The number of carbonyl (C=O) groups excluding carboxylic acids is 1. The van der Waals surface area contributed by atoms with Crippen LogP contribution in [0.15, 0.2) is 29.0 Å². The largest absolute Gasteiger partial charge is 0.469 e. The molecule has 0 saturated heterocycles. The molecule has 1 aromatic heterocycles. The van der Waals surface area contributed by atoms with Gasteiger partial charge in [-0.05, 0) is 28.4 Å². The number of methoxy groups -OCH3 is 1. The van der Waals surface area contributed by atoms with Crippen LogP contribution in [-0.4, -0.2) is 23.0 Å². The minimum Gasteiger partial charge on any atom is -0.469 e. The van der Waals surface area contributed by atoms with Crippen molar-refractivity contribution in [2.24, 2.45) is 5.92 Å². The molecule has 24 heavy (non-hydrogen) atoms. The van der Waals surface area contributed by atoms with Crippen LogP contribution in [0.5, 0.6) is 0 Å². The molecule has 0 unspecified atom stereocenters. The van der Waals surface area contributed by atoms with E-state index in [-0.39, 0.29) is 28.8 Å². The summed E-state index contributed by atoms with van der Waals surface area (Å²) in [7, 11) is 1.36. The van der Waals surface area contributed by atoms with Crippen LogP contribution in [0, 0.1) is 17.6 Å². The summed E-state index contributed by atoms with van der Waals surface area (Å²) in [6.45, 7) is 0.146. The summed E-state index contributed by atoms with van der Waals surface area (Å²) in [5.41, 5.74) is 1.04. The van der Waals surface area contributed by atoms with Gasteiger partial charge in [0, 0.05) is 24.1 Å². The number of nitrogens with one attached hydrogen (secondary N) is 1. The highest BCUT2D eigenvalue weighted by Crippen LogP contribution is 2.47. The fourth-order valence-electron chi connectivity index (χ4n) is 2.44. The van der Waals surface area contributed by atoms with Gasteiger partial charge in [-0.25, -0.2) is 13.8 Å². The normalized spacial score (nSPS) is 19.0. The molecule has 1 heterocycles. The second kappa shape index (κ2) is 6.80. The van der Waals surface area contributed by atoms with Gasteiger partial charge in [0.05, 0.1) is 35.6 Å². The summed E-state index contributed by atoms with van der Waals surface area (Å²) < 4.78 is 31.8. The Labute approximate surface area is 145 Å². The highest BCUT2D eigenvalue weighted by atomic mass is 79.9. The lowest BCUT2D eigenvalue weighted by Crippen LogP contribution is -2.06. The predicted octanol–water partition coefficient (Wildman–Crippen LogP) is 3.41. The van der Waals surface area contributed by atoms with Crippen LogP contribution in [0.4, 0.5) is 14.6 Å². The van der Waals surface area contributed by atoms with Crippen LogP contribution < -0.4 is 5.32 Å². The topological polar surface area (TPSA) is 64.1 Å². The monoisotopic (exact) mass is 397 g/mol. The van der Waals surface area contributed by atoms with E-state index in [0.717, 1.165) is 11.8 Å². The molecule has 1 aromatic carbocycles. The third kappa shape index (κ3) is 3.53. The third-order valence-corrected chi connectivity index (χ3v) is 4.50. The maximum absolute atomic E-state index is 13.7. The number of rotatable bonds is 5. The molecule has 2 atom stereocenters. The van der Waals surface area contributed by atoms with E-state index in [4.69, 9.17) is 4.74 Å². The average Bonchev–Trinajstić information content (AvgIpc) is 3.37. The molecule has 1 fully saturated rings. The summed E-state index contributed by atoms with van der Waals surface area (Å²) in [6.07, 6.45) is 3.83. The number of halogens is 3. The quantitative estimate of drug-likeness (QED) is 0.618. The Kier molecular flexibility index (Phi) is 4.75. The zero-order chi connectivity index (χ0) is 17.3. The number of aromatic nitrogens is 2. The fraction of sp³-hybridized carbons (Fsp3) is 0.312. The lowest BCUT2D eigenvalue weighted by atomic mass is 10.2. The Morgan fingerprint density at radius 3 is 2.79 bits per heavy atom. The molecule has 0 aliphatic heterocycles. The maximum Gasteiger partial charge on any atom is 0.309 e. The Balaban J connectivity index is 1.61. The standard InChI is InChI=1S/C16H14BrF2N3O2/c1-24-16(23)10-3-9(10)14-6-22-15(7-20-14)21-5-8-2-11(17)13(19)4-12(8)18/h2,4,6-7,9-10H,3,5H2,1H3,(H,21,22)/t9-,10-/m0/s1. The van der Waals surface area contributed by atoms with E-state index >= 15 is 0 Å². The van der Waals surface area contributed by atoms with E-state index in [1.807, 2.05) is 0 Å². The molecule has 1 aliphatic carbocycles. The highest BCUT2D eigenvalue weighted by Gasteiger charge is 2.46. The summed E-state index contributed by atoms with van der Waals surface area (Å²) in [4.78, 5) is 19.9. The smallest absolute Gasteiger partial charge is 0.309 e. The van der Waals surface area contributed by atoms with Gasteiger partial charge in [-0.1, -0.05) is 0 Å². The van der Waals surface area contributed by atoms with Gasteiger partial charge in [0.15, 0.2) is 0 Å². The van der Waals surface area contributed by atoms with Gasteiger partial charge >= 0.3 is 5.97 Å². The second-order valence-corrected chi connectivity index (χ2v) is 6.36. The van der Waals surface area contributed by atoms with Gasteiger partial charge in [0.2, 0.25) is 0 Å². The first-order chi connectivity index (χ1) is 11.5. The van der Waals surface area contributed by atoms with Crippen molar-refractivity contribution in [3.63, 3.8) is 0 Å². The third-order valence-electron chi connectivity index (χ3n) is 3.90. The molecule has 1 N–H and O–H groups in total. The second-order valence-electron chi connectivity index (χ2n) is 5.51.